The maximum absolute atomic E-state index is 10.9. The molecule has 3 aliphatic rings. The van der Waals surface area contributed by atoms with Crippen LogP contribution < -0.4 is 5.48 Å². The molecule has 0 saturated carbocycles. The Morgan fingerprint density at radius 3 is 2.47 bits per heavy atom. The highest BCUT2D eigenvalue weighted by Gasteiger charge is 2.30. The number of hydrogen-bond acceptors (Lipinski definition) is 5. The van der Waals surface area contributed by atoms with E-state index < -0.39 is 5.97 Å². The fourth-order valence-electron chi connectivity index (χ4n) is 4.93. The predicted octanol–water partition coefficient (Wildman–Crippen LogP) is 3.02. The minimum Gasteiger partial charge on any atom is -0.481 e. The third-order valence-corrected chi connectivity index (χ3v) is 6.77. The molecule has 3 heterocycles. The number of likely N-dealkylation sites (tertiary alicyclic amines) is 2. The number of hydroxylamine groups is 1. The number of amidine groups is 1. The van der Waals surface area contributed by atoms with E-state index in [0.717, 1.165) is 57.5 Å². The standard InChI is InChI=1S/C23H34N4O3/c24-23(27-10-2-1-3-11-27)19-6-4-18(5-7-19)21-15-20(30-25-21)16-26-12-8-17(9-13-26)14-22(28)29/h4-7,17,20-21,24-25H,1-3,8-16H2,(H,28,29). The van der Waals surface area contributed by atoms with E-state index in [1.54, 1.807) is 0 Å². The summed E-state index contributed by atoms with van der Waals surface area (Å²) in [6.07, 6.45) is 6.93. The Balaban J connectivity index is 1.24. The molecule has 3 aliphatic heterocycles. The Hall–Kier alpha value is -1.96. The van der Waals surface area contributed by atoms with E-state index in [0.29, 0.717) is 18.2 Å². The van der Waals surface area contributed by atoms with Gasteiger partial charge in [-0.25, -0.2) is 0 Å². The average molecular weight is 415 g/mol. The number of hydrogen-bond donors (Lipinski definition) is 3. The monoisotopic (exact) mass is 414 g/mol. The van der Waals surface area contributed by atoms with Crippen molar-refractivity contribution >= 4 is 11.8 Å². The molecule has 1 aromatic rings. The second-order valence-electron chi connectivity index (χ2n) is 9.01. The minimum absolute atomic E-state index is 0.150. The van der Waals surface area contributed by atoms with Crippen molar-refractivity contribution in [2.75, 3.05) is 32.7 Å². The van der Waals surface area contributed by atoms with Gasteiger partial charge >= 0.3 is 5.97 Å². The summed E-state index contributed by atoms with van der Waals surface area (Å²) in [4.78, 5) is 21.3. The number of nitrogens with one attached hydrogen (secondary N) is 2. The molecule has 0 aliphatic carbocycles. The highest BCUT2D eigenvalue weighted by atomic mass is 16.7. The smallest absolute Gasteiger partial charge is 0.303 e. The highest BCUT2D eigenvalue weighted by Crippen LogP contribution is 2.28. The first-order chi connectivity index (χ1) is 14.6. The molecule has 2 unspecified atom stereocenters. The summed E-state index contributed by atoms with van der Waals surface area (Å²) in [7, 11) is 0. The summed E-state index contributed by atoms with van der Waals surface area (Å²) in [6, 6.07) is 8.55. The van der Waals surface area contributed by atoms with E-state index in [-0.39, 0.29) is 12.1 Å². The third kappa shape index (κ3) is 5.39. The Kier molecular flexibility index (Phi) is 7.02. The van der Waals surface area contributed by atoms with Crippen LogP contribution in [0.4, 0.5) is 0 Å². The van der Waals surface area contributed by atoms with Crippen LogP contribution in [0.3, 0.4) is 0 Å². The molecule has 0 amide bonds. The van der Waals surface area contributed by atoms with E-state index in [9.17, 15) is 4.79 Å². The molecule has 30 heavy (non-hydrogen) atoms. The van der Waals surface area contributed by atoms with Crippen molar-refractivity contribution in [2.45, 2.75) is 57.1 Å². The number of carboxylic acid groups (broad SMARTS) is 1. The Bertz CT molecular complexity index is 724. The van der Waals surface area contributed by atoms with E-state index in [1.807, 2.05) is 0 Å². The summed E-state index contributed by atoms with van der Waals surface area (Å²) in [5.41, 5.74) is 5.38. The lowest BCUT2D eigenvalue weighted by atomic mass is 9.93. The molecule has 3 fully saturated rings. The van der Waals surface area contributed by atoms with Crippen molar-refractivity contribution in [3.63, 3.8) is 0 Å². The highest BCUT2D eigenvalue weighted by molar-refractivity contribution is 5.96. The van der Waals surface area contributed by atoms with Crippen molar-refractivity contribution in [1.82, 2.24) is 15.3 Å². The molecule has 4 rings (SSSR count). The summed E-state index contributed by atoms with van der Waals surface area (Å²) >= 11 is 0. The van der Waals surface area contributed by atoms with Gasteiger partial charge in [-0.15, -0.1) is 0 Å². The third-order valence-electron chi connectivity index (χ3n) is 6.77. The summed E-state index contributed by atoms with van der Waals surface area (Å²) in [5.74, 6) is 0.272. The summed E-state index contributed by atoms with van der Waals surface area (Å²) < 4.78 is 0. The quantitative estimate of drug-likeness (QED) is 0.490. The first-order valence-corrected chi connectivity index (χ1v) is 11.4. The average Bonchev–Trinajstić information content (AvgIpc) is 3.23. The van der Waals surface area contributed by atoms with Gasteiger partial charge in [0.2, 0.25) is 0 Å². The van der Waals surface area contributed by atoms with Crippen LogP contribution in [0, 0.1) is 11.3 Å². The number of piperidine rings is 2. The lowest BCUT2D eigenvalue weighted by Gasteiger charge is -2.32. The van der Waals surface area contributed by atoms with Crippen LogP contribution in [0.2, 0.25) is 0 Å². The van der Waals surface area contributed by atoms with Gasteiger partial charge in [-0.1, -0.05) is 24.3 Å². The molecule has 0 bridgehead atoms. The van der Waals surface area contributed by atoms with Gasteiger partial charge in [-0.05, 0) is 63.1 Å². The normalized spacial score (nSPS) is 26.1. The Morgan fingerprint density at radius 1 is 1.10 bits per heavy atom. The van der Waals surface area contributed by atoms with Crippen molar-refractivity contribution in [1.29, 1.82) is 5.41 Å². The van der Waals surface area contributed by atoms with Crippen LogP contribution in [0.25, 0.3) is 0 Å². The van der Waals surface area contributed by atoms with Crippen LogP contribution in [-0.4, -0.2) is 65.5 Å². The zero-order chi connectivity index (χ0) is 20.9. The second-order valence-corrected chi connectivity index (χ2v) is 9.01. The fraction of sp³-hybridized carbons (Fsp3) is 0.652. The molecular formula is C23H34N4O3. The van der Waals surface area contributed by atoms with Crippen molar-refractivity contribution < 1.29 is 14.7 Å². The number of aliphatic carboxylic acids is 1. The molecule has 3 saturated heterocycles. The van der Waals surface area contributed by atoms with Crippen LogP contribution in [0.5, 0.6) is 0 Å². The molecule has 2 atom stereocenters. The van der Waals surface area contributed by atoms with Gasteiger partial charge in [-0.3, -0.25) is 15.0 Å². The fourth-order valence-corrected chi connectivity index (χ4v) is 4.93. The van der Waals surface area contributed by atoms with E-state index in [4.69, 9.17) is 15.4 Å². The van der Waals surface area contributed by atoms with Gasteiger partial charge in [0.15, 0.2) is 0 Å². The summed E-state index contributed by atoms with van der Waals surface area (Å²) in [6.45, 7) is 4.79. The molecule has 0 radical (unpaired) electrons. The van der Waals surface area contributed by atoms with Crippen LogP contribution in [0.1, 0.15) is 62.1 Å². The molecule has 7 nitrogen and oxygen atoms in total. The van der Waals surface area contributed by atoms with E-state index >= 15 is 0 Å². The summed E-state index contributed by atoms with van der Waals surface area (Å²) in [5, 5.41) is 17.4. The van der Waals surface area contributed by atoms with Gasteiger partial charge in [0.25, 0.3) is 0 Å². The Labute approximate surface area is 178 Å². The first-order valence-electron chi connectivity index (χ1n) is 11.4. The molecule has 0 spiro atoms. The van der Waals surface area contributed by atoms with Crippen LogP contribution >= 0.6 is 0 Å². The van der Waals surface area contributed by atoms with Gasteiger partial charge < -0.3 is 14.9 Å². The number of benzene rings is 1. The van der Waals surface area contributed by atoms with Crippen LogP contribution in [0.15, 0.2) is 24.3 Å². The van der Waals surface area contributed by atoms with Crippen molar-refractivity contribution in [3.05, 3.63) is 35.4 Å². The lowest BCUT2D eigenvalue weighted by Crippen LogP contribution is -2.39. The van der Waals surface area contributed by atoms with Crippen LogP contribution in [-0.2, 0) is 9.63 Å². The van der Waals surface area contributed by atoms with Gasteiger partial charge in [-0.2, -0.15) is 5.48 Å². The topological polar surface area (TPSA) is 88.9 Å². The van der Waals surface area contributed by atoms with Crippen molar-refractivity contribution in [2.24, 2.45) is 5.92 Å². The van der Waals surface area contributed by atoms with Gasteiger partial charge in [0.05, 0.1) is 12.1 Å². The molecule has 0 aromatic heterocycles. The Morgan fingerprint density at radius 2 is 1.80 bits per heavy atom. The van der Waals surface area contributed by atoms with Gasteiger partial charge in [0, 0.05) is 31.6 Å². The second kappa shape index (κ2) is 9.90. The number of carboxylic acids is 1. The maximum atomic E-state index is 10.9. The predicted molar refractivity (Wildman–Crippen MR) is 115 cm³/mol. The number of rotatable bonds is 6. The molecule has 164 valence electrons. The number of nitrogens with zero attached hydrogens (tertiary/aromatic N) is 2. The lowest BCUT2D eigenvalue weighted by molar-refractivity contribution is -0.138. The minimum atomic E-state index is -0.684. The van der Waals surface area contributed by atoms with E-state index in [2.05, 4.69) is 39.5 Å². The molecule has 7 heteroatoms. The number of carbonyl (C=O) groups is 1. The van der Waals surface area contributed by atoms with Crippen molar-refractivity contribution in [3.8, 4) is 0 Å². The SMILES string of the molecule is N=C(c1ccc(C2CC(CN3CCC(CC(=O)O)CC3)ON2)cc1)N1CCCCC1. The van der Waals surface area contributed by atoms with Gasteiger partial charge in [0.1, 0.15) is 5.84 Å². The van der Waals surface area contributed by atoms with E-state index in [1.165, 1.54) is 24.8 Å². The first kappa shape index (κ1) is 21.3. The maximum Gasteiger partial charge on any atom is 0.303 e. The zero-order valence-corrected chi connectivity index (χ0v) is 17.7. The largest absolute Gasteiger partial charge is 0.481 e. The molecule has 1 aromatic carbocycles. The zero-order valence-electron chi connectivity index (χ0n) is 17.7. The molecule has 3 N–H and O–H groups in total. The molecular weight excluding hydrogens is 380 g/mol.